The first-order valence-electron chi connectivity index (χ1n) is 21.8. The molecule has 3 atom stereocenters. The molecule has 17 heteroatoms. The number of hydrogen-bond donors (Lipinski definition) is 4. The maximum atomic E-state index is 13.0. The van der Waals surface area contributed by atoms with Crippen LogP contribution in [-0.2, 0) is 63.9 Å². The van der Waals surface area contributed by atoms with E-state index >= 15 is 0 Å². The summed E-state index contributed by atoms with van der Waals surface area (Å²) >= 11 is 0. The summed E-state index contributed by atoms with van der Waals surface area (Å²) in [6.07, 6.45) is 2.80. The molecule has 1 unspecified atom stereocenters. The largest absolute Gasteiger partial charge is 0.460 e. The van der Waals surface area contributed by atoms with E-state index in [1.165, 1.54) is 4.90 Å². The van der Waals surface area contributed by atoms with Crippen molar-refractivity contribution in [1.82, 2.24) is 20.9 Å². The van der Waals surface area contributed by atoms with Gasteiger partial charge in [0, 0.05) is 38.0 Å². The van der Waals surface area contributed by atoms with E-state index in [-0.39, 0.29) is 79.5 Å². The molecule has 2 rings (SSSR count). The fourth-order valence-electron chi connectivity index (χ4n) is 6.05. The number of hydrogen-bond acceptors (Lipinski definition) is 12. The highest BCUT2D eigenvalue weighted by molar-refractivity contribution is 6.04. The average Bonchev–Trinajstić information content (AvgIpc) is 3.49. The fraction of sp³-hybridized carbons (Fsp3) is 0.711. The second kappa shape index (κ2) is 27.6. The third kappa shape index (κ3) is 21.1. The highest BCUT2D eigenvalue weighted by atomic mass is 16.6. The van der Waals surface area contributed by atoms with Gasteiger partial charge in [0.2, 0.25) is 35.4 Å². The van der Waals surface area contributed by atoms with Crippen LogP contribution in [0.4, 0.5) is 5.69 Å². The number of carbonyl (C=O) groups excluding carboxylic acids is 7. The Morgan fingerprint density at radius 1 is 0.710 bits per heavy atom. The predicted molar refractivity (Wildman–Crippen MR) is 232 cm³/mol. The molecule has 0 saturated carbocycles. The number of carbonyl (C=O) groups is 7. The first-order chi connectivity index (χ1) is 29.2. The van der Waals surface area contributed by atoms with E-state index in [9.17, 15) is 33.6 Å². The Bertz CT molecular complexity index is 1590. The molecule has 0 bridgehead atoms. The zero-order valence-corrected chi connectivity index (χ0v) is 38.5. The topological polar surface area (TPSA) is 217 Å². The lowest BCUT2D eigenvalue weighted by Gasteiger charge is -2.24. The van der Waals surface area contributed by atoms with Crippen LogP contribution in [0.2, 0.25) is 0 Å². The molecule has 0 spiro atoms. The number of benzene rings is 1. The highest BCUT2D eigenvalue weighted by Gasteiger charge is 2.44. The molecule has 0 aliphatic carbocycles. The number of amides is 6. The van der Waals surface area contributed by atoms with Crippen LogP contribution in [0.1, 0.15) is 106 Å². The van der Waals surface area contributed by atoms with Crippen molar-refractivity contribution in [3.8, 4) is 0 Å². The molecule has 1 saturated heterocycles. The Kier molecular flexibility index (Phi) is 23.9. The van der Waals surface area contributed by atoms with E-state index in [1.807, 2.05) is 20.8 Å². The van der Waals surface area contributed by atoms with E-state index in [4.69, 9.17) is 23.7 Å². The highest BCUT2D eigenvalue weighted by Crippen LogP contribution is 2.35. The van der Waals surface area contributed by atoms with Crippen molar-refractivity contribution >= 4 is 47.1 Å². The van der Waals surface area contributed by atoms with Crippen LogP contribution in [0, 0.1) is 22.7 Å². The zero-order chi connectivity index (χ0) is 46.3. The Morgan fingerprint density at radius 2 is 1.29 bits per heavy atom. The molecule has 350 valence electrons. The molecular formula is C45H73N5O12. The monoisotopic (exact) mass is 876 g/mol. The number of nitrogens with one attached hydrogen (secondary N) is 4. The lowest BCUT2D eigenvalue weighted by molar-refractivity contribution is -0.154. The lowest BCUT2D eigenvalue weighted by atomic mass is 9.80. The molecule has 6 amide bonds. The molecule has 1 aromatic carbocycles. The fourth-order valence-corrected chi connectivity index (χ4v) is 6.05. The summed E-state index contributed by atoms with van der Waals surface area (Å²) in [5, 5.41) is 11.0. The number of nitrogens with zero attached hydrogens (tertiary/aromatic N) is 1. The van der Waals surface area contributed by atoms with Gasteiger partial charge in [-0.2, -0.15) is 0 Å². The standard InChI is InChI=1S/C45H73N5O12/c1-31(2)39(41(55)47-32(3)40(54)48-34-16-14-33(15-17-34)30-62-43(57)45(7,8)9)49-37(52)18-21-58-23-25-60-27-28-61-26-24-59-22-19-46-36(51)13-11-10-12-20-50-38(53)29-35(42(50)56)44(4,5)6/h14-17,31-32,35,39H,10-13,18-30H2,1-9H3,(H,46,51)(H,47,55)(H,48,54)(H,49,52)/t32-,35?,39-/m0/s1. The van der Waals surface area contributed by atoms with E-state index in [0.717, 1.165) is 12.0 Å². The van der Waals surface area contributed by atoms with Crippen LogP contribution >= 0.6 is 0 Å². The van der Waals surface area contributed by atoms with Crippen molar-refractivity contribution in [2.45, 2.75) is 120 Å². The van der Waals surface area contributed by atoms with Gasteiger partial charge in [0.15, 0.2) is 0 Å². The number of esters is 1. The quantitative estimate of drug-likeness (QED) is 0.0512. The van der Waals surface area contributed by atoms with Gasteiger partial charge in [-0.25, -0.2) is 0 Å². The molecule has 62 heavy (non-hydrogen) atoms. The second-order valence-corrected chi connectivity index (χ2v) is 17.9. The van der Waals surface area contributed by atoms with Crippen molar-refractivity contribution in [3.63, 3.8) is 0 Å². The van der Waals surface area contributed by atoms with E-state index in [1.54, 1.807) is 65.8 Å². The minimum absolute atomic E-state index is 0.0380. The molecule has 1 fully saturated rings. The Labute approximate surface area is 367 Å². The van der Waals surface area contributed by atoms with Crippen LogP contribution in [0.15, 0.2) is 24.3 Å². The maximum absolute atomic E-state index is 13.0. The molecule has 4 N–H and O–H groups in total. The van der Waals surface area contributed by atoms with E-state index < -0.39 is 29.3 Å². The lowest BCUT2D eigenvalue weighted by Crippen LogP contribution is -2.53. The van der Waals surface area contributed by atoms with Gasteiger partial charge >= 0.3 is 5.97 Å². The van der Waals surface area contributed by atoms with Crippen LogP contribution < -0.4 is 21.3 Å². The number of unbranched alkanes of at least 4 members (excludes halogenated alkanes) is 2. The van der Waals surface area contributed by atoms with Gasteiger partial charge in [-0.3, -0.25) is 38.5 Å². The van der Waals surface area contributed by atoms with Crippen LogP contribution in [0.3, 0.4) is 0 Å². The molecular weight excluding hydrogens is 803 g/mol. The third-order valence-corrected chi connectivity index (χ3v) is 9.95. The average molecular weight is 876 g/mol. The summed E-state index contributed by atoms with van der Waals surface area (Å²) in [6.45, 7) is 19.9. The van der Waals surface area contributed by atoms with E-state index in [0.29, 0.717) is 77.7 Å². The van der Waals surface area contributed by atoms with Crippen molar-refractivity contribution in [3.05, 3.63) is 29.8 Å². The molecule has 1 aliphatic heterocycles. The summed E-state index contributed by atoms with van der Waals surface area (Å²) in [5.41, 5.74) is 0.436. The van der Waals surface area contributed by atoms with Gasteiger partial charge in [-0.1, -0.05) is 53.2 Å². The van der Waals surface area contributed by atoms with Crippen LogP contribution in [0.25, 0.3) is 0 Å². The van der Waals surface area contributed by atoms with Gasteiger partial charge in [0.05, 0.1) is 64.2 Å². The third-order valence-electron chi connectivity index (χ3n) is 9.95. The second-order valence-electron chi connectivity index (χ2n) is 17.9. The summed E-state index contributed by atoms with van der Waals surface area (Å²) in [6, 6.07) is 5.11. The van der Waals surface area contributed by atoms with Crippen molar-refractivity contribution in [1.29, 1.82) is 0 Å². The number of likely N-dealkylation sites (tertiary alicyclic amines) is 1. The van der Waals surface area contributed by atoms with Gasteiger partial charge in [0.25, 0.3) is 0 Å². The number of rotatable bonds is 29. The Hall–Kier alpha value is -4.45. The first-order valence-corrected chi connectivity index (χ1v) is 21.8. The SMILES string of the molecule is CC(C)[C@H](NC(=O)CCOCCOCCOCCOCCNC(=O)CCCCCN1C(=O)CC(C(C)(C)C)C1=O)C(=O)N[C@@H](C)C(=O)Nc1ccc(COC(=O)C(C)(C)C)cc1. The Balaban J connectivity index is 1.45. The number of imide groups is 1. The van der Waals surface area contributed by atoms with Crippen LogP contribution in [0.5, 0.6) is 0 Å². The summed E-state index contributed by atoms with van der Waals surface area (Å²) in [7, 11) is 0. The van der Waals surface area contributed by atoms with Crippen molar-refractivity contribution in [2.24, 2.45) is 22.7 Å². The summed E-state index contributed by atoms with van der Waals surface area (Å²) < 4.78 is 27.3. The molecule has 1 heterocycles. The molecule has 0 aromatic heterocycles. The number of anilines is 1. The zero-order valence-electron chi connectivity index (χ0n) is 38.5. The summed E-state index contributed by atoms with van der Waals surface area (Å²) in [5.74, 6) is -2.35. The maximum Gasteiger partial charge on any atom is 0.311 e. The first kappa shape index (κ1) is 53.7. The van der Waals surface area contributed by atoms with E-state index in [2.05, 4.69) is 21.3 Å². The smallest absolute Gasteiger partial charge is 0.311 e. The van der Waals surface area contributed by atoms with Crippen molar-refractivity contribution < 1.29 is 57.2 Å². The van der Waals surface area contributed by atoms with Gasteiger partial charge in [0.1, 0.15) is 18.7 Å². The van der Waals surface area contributed by atoms with Crippen LogP contribution in [-0.4, -0.2) is 124 Å². The minimum atomic E-state index is -0.881. The minimum Gasteiger partial charge on any atom is -0.460 e. The van der Waals surface area contributed by atoms with Gasteiger partial charge < -0.3 is 45.0 Å². The summed E-state index contributed by atoms with van der Waals surface area (Å²) in [4.78, 5) is 88.7. The normalized spacial score (nSPS) is 15.3. The van der Waals surface area contributed by atoms with Gasteiger partial charge in [-0.15, -0.1) is 0 Å². The molecule has 1 aliphatic rings. The molecule has 17 nitrogen and oxygen atoms in total. The molecule has 0 radical (unpaired) electrons. The predicted octanol–water partition coefficient (Wildman–Crippen LogP) is 3.91. The number of ether oxygens (including phenoxy) is 5. The van der Waals surface area contributed by atoms with Crippen molar-refractivity contribution in [2.75, 3.05) is 71.3 Å². The van der Waals surface area contributed by atoms with Gasteiger partial charge in [-0.05, 0) is 69.6 Å². The molecule has 1 aromatic rings. The Morgan fingerprint density at radius 3 is 1.84 bits per heavy atom.